The number of fused-ring (bicyclic) bond motifs is 5. The molecule has 4 nitrogen and oxygen atoms in total. The van der Waals surface area contributed by atoms with Gasteiger partial charge < -0.3 is 0 Å². The molecule has 47 heavy (non-hydrogen) atoms. The maximum atomic E-state index is 5.08. The lowest BCUT2D eigenvalue weighted by Gasteiger charge is -2.21. The van der Waals surface area contributed by atoms with Crippen molar-refractivity contribution in [3.05, 3.63) is 157 Å². The highest BCUT2D eigenvalue weighted by molar-refractivity contribution is 5.97. The number of rotatable bonds is 4. The summed E-state index contributed by atoms with van der Waals surface area (Å²) in [5.41, 5.74) is 10.9. The second kappa shape index (κ2) is 10.5. The van der Waals surface area contributed by atoms with E-state index in [1.54, 1.807) is 0 Å². The van der Waals surface area contributed by atoms with Crippen LogP contribution in [0.1, 0.15) is 25.0 Å². The molecule has 2 heterocycles. The highest BCUT2D eigenvalue weighted by Gasteiger charge is 2.35. The van der Waals surface area contributed by atoms with E-state index in [0.717, 1.165) is 27.6 Å². The molecule has 0 unspecified atom stereocenters. The van der Waals surface area contributed by atoms with Gasteiger partial charge in [0.05, 0.1) is 5.52 Å². The monoisotopic (exact) mass is 602 g/mol. The van der Waals surface area contributed by atoms with Crippen molar-refractivity contribution in [2.75, 3.05) is 0 Å². The maximum absolute atomic E-state index is 5.08. The summed E-state index contributed by atoms with van der Waals surface area (Å²) in [4.78, 5) is 20.1. The van der Waals surface area contributed by atoms with E-state index in [4.69, 9.17) is 19.9 Å². The Morgan fingerprint density at radius 2 is 1.02 bits per heavy atom. The second-order valence-corrected chi connectivity index (χ2v) is 12.7. The molecule has 0 N–H and O–H groups in total. The van der Waals surface area contributed by atoms with Crippen LogP contribution in [0.2, 0.25) is 0 Å². The molecule has 222 valence electrons. The Balaban J connectivity index is 1.19. The Hall–Kier alpha value is -6.00. The Morgan fingerprint density at radius 3 is 1.89 bits per heavy atom. The summed E-state index contributed by atoms with van der Waals surface area (Å²) >= 11 is 0. The van der Waals surface area contributed by atoms with Gasteiger partial charge in [-0.25, -0.2) is 19.9 Å². The fourth-order valence-corrected chi connectivity index (χ4v) is 7.07. The highest BCUT2D eigenvalue weighted by atomic mass is 15.0. The largest absolute Gasteiger partial charge is 0.244 e. The Kier molecular flexibility index (Phi) is 6.12. The van der Waals surface area contributed by atoms with Gasteiger partial charge in [0.15, 0.2) is 17.5 Å². The normalized spacial score (nSPS) is 13.1. The van der Waals surface area contributed by atoms with Gasteiger partial charge in [0, 0.05) is 21.9 Å². The summed E-state index contributed by atoms with van der Waals surface area (Å²) in [6.45, 7) is 4.59. The quantitative estimate of drug-likeness (QED) is 0.201. The summed E-state index contributed by atoms with van der Waals surface area (Å²) in [6, 6.07) is 51.0. The first-order valence-corrected chi connectivity index (χ1v) is 16.0. The fourth-order valence-electron chi connectivity index (χ4n) is 7.07. The SMILES string of the molecule is CC1(C)c2ccccc2-c2cc(-c3nc(-c4ccc(-c5cccc6ccccc56)cc4)nc(-c4ccc5ccccc5n4)n3)ccc21. The number of nitrogens with zero attached hydrogens (tertiary/aromatic N) is 4. The van der Waals surface area contributed by atoms with Crippen molar-refractivity contribution in [1.29, 1.82) is 0 Å². The van der Waals surface area contributed by atoms with Crippen molar-refractivity contribution >= 4 is 21.7 Å². The van der Waals surface area contributed by atoms with E-state index >= 15 is 0 Å². The molecule has 6 aromatic carbocycles. The molecule has 0 fully saturated rings. The highest BCUT2D eigenvalue weighted by Crippen LogP contribution is 2.49. The maximum Gasteiger partial charge on any atom is 0.182 e. The molecule has 0 bridgehead atoms. The number of pyridine rings is 1. The van der Waals surface area contributed by atoms with Crippen LogP contribution in [0.5, 0.6) is 0 Å². The molecule has 0 saturated heterocycles. The van der Waals surface area contributed by atoms with E-state index in [1.807, 2.05) is 24.3 Å². The molecule has 4 heteroatoms. The average Bonchev–Trinajstić information content (AvgIpc) is 3.36. The number of benzene rings is 6. The molecule has 0 saturated carbocycles. The van der Waals surface area contributed by atoms with E-state index in [1.165, 1.54) is 38.6 Å². The summed E-state index contributed by atoms with van der Waals surface area (Å²) < 4.78 is 0. The minimum absolute atomic E-state index is 0.0687. The van der Waals surface area contributed by atoms with Crippen LogP contribution < -0.4 is 0 Å². The van der Waals surface area contributed by atoms with E-state index in [-0.39, 0.29) is 5.41 Å². The van der Waals surface area contributed by atoms with Crippen LogP contribution in [-0.4, -0.2) is 19.9 Å². The zero-order valence-electron chi connectivity index (χ0n) is 26.1. The lowest BCUT2D eigenvalue weighted by atomic mass is 9.82. The third kappa shape index (κ3) is 4.52. The summed E-state index contributed by atoms with van der Waals surface area (Å²) in [7, 11) is 0. The van der Waals surface area contributed by atoms with Gasteiger partial charge in [0.1, 0.15) is 5.69 Å². The van der Waals surface area contributed by atoms with Gasteiger partial charge in [-0.2, -0.15) is 0 Å². The van der Waals surface area contributed by atoms with Crippen molar-refractivity contribution in [2.24, 2.45) is 0 Å². The second-order valence-electron chi connectivity index (χ2n) is 12.7. The lowest BCUT2D eigenvalue weighted by Crippen LogP contribution is -2.14. The Labute approximate surface area is 273 Å². The van der Waals surface area contributed by atoms with Crippen LogP contribution in [0.15, 0.2) is 146 Å². The summed E-state index contributed by atoms with van der Waals surface area (Å²) in [5.74, 6) is 1.80. The van der Waals surface area contributed by atoms with Crippen LogP contribution in [0, 0.1) is 0 Å². The van der Waals surface area contributed by atoms with E-state index < -0.39 is 0 Å². The molecular formula is C43H30N4. The van der Waals surface area contributed by atoms with Gasteiger partial charge in [-0.15, -0.1) is 0 Å². The summed E-state index contributed by atoms with van der Waals surface area (Å²) in [5, 5.41) is 3.54. The fraction of sp³-hybridized carbons (Fsp3) is 0.0698. The van der Waals surface area contributed by atoms with Gasteiger partial charge in [0.2, 0.25) is 0 Å². The van der Waals surface area contributed by atoms with Gasteiger partial charge in [-0.05, 0) is 62.4 Å². The van der Waals surface area contributed by atoms with Crippen molar-refractivity contribution in [3.8, 4) is 56.5 Å². The molecule has 9 rings (SSSR count). The molecule has 2 aromatic heterocycles. The van der Waals surface area contributed by atoms with Crippen molar-refractivity contribution < 1.29 is 0 Å². The zero-order valence-corrected chi connectivity index (χ0v) is 26.1. The molecule has 1 aliphatic rings. The molecule has 0 amide bonds. The number of para-hydroxylation sites is 1. The molecule has 0 atom stereocenters. The van der Waals surface area contributed by atoms with Crippen LogP contribution in [-0.2, 0) is 5.41 Å². The predicted molar refractivity (Wildman–Crippen MR) is 192 cm³/mol. The lowest BCUT2D eigenvalue weighted by molar-refractivity contribution is 0.660. The number of hydrogen-bond donors (Lipinski definition) is 0. The van der Waals surface area contributed by atoms with Crippen LogP contribution in [0.3, 0.4) is 0 Å². The molecule has 8 aromatic rings. The van der Waals surface area contributed by atoms with E-state index in [2.05, 4.69) is 135 Å². The molecule has 0 spiro atoms. The van der Waals surface area contributed by atoms with Crippen LogP contribution in [0.25, 0.3) is 78.2 Å². The smallest absolute Gasteiger partial charge is 0.182 e. The van der Waals surface area contributed by atoms with Gasteiger partial charge in [-0.1, -0.05) is 141 Å². The minimum atomic E-state index is -0.0687. The first kappa shape index (κ1) is 27.3. The van der Waals surface area contributed by atoms with Gasteiger partial charge in [0.25, 0.3) is 0 Å². The van der Waals surface area contributed by atoms with Crippen molar-refractivity contribution in [3.63, 3.8) is 0 Å². The van der Waals surface area contributed by atoms with Gasteiger partial charge >= 0.3 is 0 Å². The van der Waals surface area contributed by atoms with Crippen LogP contribution in [0.4, 0.5) is 0 Å². The zero-order chi connectivity index (χ0) is 31.5. The molecule has 0 radical (unpaired) electrons. The first-order chi connectivity index (χ1) is 23.0. The molecule has 1 aliphatic carbocycles. The van der Waals surface area contributed by atoms with Crippen molar-refractivity contribution in [2.45, 2.75) is 19.3 Å². The minimum Gasteiger partial charge on any atom is -0.244 e. The first-order valence-electron chi connectivity index (χ1n) is 16.0. The van der Waals surface area contributed by atoms with Crippen LogP contribution >= 0.6 is 0 Å². The standard InChI is InChI=1S/C43H30N4/c1-43(2)36-16-7-6-14-34(36)35-26-31(22-24-37(35)43)41-45-40(46-42(47-41)39-25-23-29-11-4-8-17-38(29)44-39)30-20-18-28(19-21-30)33-15-9-12-27-10-3-5-13-32(27)33/h3-26H,1-2H3. The third-order valence-electron chi connectivity index (χ3n) is 9.55. The number of hydrogen-bond acceptors (Lipinski definition) is 4. The van der Waals surface area contributed by atoms with E-state index in [0.29, 0.717) is 23.2 Å². The summed E-state index contributed by atoms with van der Waals surface area (Å²) in [6.07, 6.45) is 0. The predicted octanol–water partition coefficient (Wildman–Crippen LogP) is 10.5. The Morgan fingerprint density at radius 1 is 0.404 bits per heavy atom. The average molecular weight is 603 g/mol. The van der Waals surface area contributed by atoms with Gasteiger partial charge in [-0.3, -0.25) is 0 Å². The molecular weight excluding hydrogens is 573 g/mol. The molecule has 0 aliphatic heterocycles. The van der Waals surface area contributed by atoms with Crippen molar-refractivity contribution in [1.82, 2.24) is 19.9 Å². The number of aromatic nitrogens is 4. The van der Waals surface area contributed by atoms with E-state index in [9.17, 15) is 0 Å². The third-order valence-corrected chi connectivity index (χ3v) is 9.55. The Bertz CT molecular complexity index is 2490. The topological polar surface area (TPSA) is 51.6 Å².